The minimum absolute atomic E-state index is 0.329. The van der Waals surface area contributed by atoms with E-state index in [-0.39, 0.29) is 6.03 Å². The number of nitrogens with one attached hydrogen (secondary N) is 1. The number of likely N-dealkylation sites (tertiary alicyclic amines) is 1. The summed E-state index contributed by atoms with van der Waals surface area (Å²) in [5.41, 5.74) is 0.469. The van der Waals surface area contributed by atoms with Crippen LogP contribution in [0, 0.1) is 11.8 Å². The number of amides is 2. The Morgan fingerprint density at radius 1 is 1.43 bits per heavy atom. The first-order valence-corrected chi connectivity index (χ1v) is 7.15. The minimum Gasteiger partial charge on any atom is -0.479 e. The van der Waals surface area contributed by atoms with Gasteiger partial charge in [0.15, 0.2) is 6.04 Å². The third-order valence-corrected chi connectivity index (χ3v) is 4.19. The zero-order chi connectivity index (χ0) is 15.6. The first-order valence-electron chi connectivity index (χ1n) is 7.15. The molecule has 0 spiro atoms. The summed E-state index contributed by atoms with van der Waals surface area (Å²) in [5, 5.41) is 15.8. The van der Waals surface area contributed by atoms with Crippen molar-refractivity contribution in [1.82, 2.24) is 20.0 Å². The van der Waals surface area contributed by atoms with Gasteiger partial charge in [-0.3, -0.25) is 4.68 Å². The van der Waals surface area contributed by atoms with Crippen LogP contribution in [0.3, 0.4) is 0 Å². The second-order valence-corrected chi connectivity index (χ2v) is 5.86. The number of aliphatic carboxylic acids is 1. The van der Waals surface area contributed by atoms with E-state index >= 15 is 0 Å². The third kappa shape index (κ3) is 3.53. The molecule has 1 aliphatic heterocycles. The lowest BCUT2D eigenvalue weighted by Crippen LogP contribution is -2.49. The van der Waals surface area contributed by atoms with Gasteiger partial charge in [-0.2, -0.15) is 5.10 Å². The molecular weight excluding hydrogens is 272 g/mol. The molecule has 0 bridgehead atoms. The molecular formula is C14H22N4O3. The van der Waals surface area contributed by atoms with E-state index in [2.05, 4.69) is 24.3 Å². The van der Waals surface area contributed by atoms with Crippen molar-refractivity contribution in [3.8, 4) is 0 Å². The molecule has 0 aromatic carbocycles. The fraction of sp³-hybridized carbons (Fsp3) is 0.643. The smallest absolute Gasteiger partial charge is 0.331 e. The Morgan fingerprint density at radius 2 is 2.14 bits per heavy atom. The van der Waals surface area contributed by atoms with E-state index in [1.165, 1.54) is 10.9 Å². The summed E-state index contributed by atoms with van der Waals surface area (Å²) in [6, 6.07) is -1.40. The van der Waals surface area contributed by atoms with Gasteiger partial charge in [0.25, 0.3) is 0 Å². The Balaban J connectivity index is 2.04. The van der Waals surface area contributed by atoms with Crippen molar-refractivity contribution in [3.63, 3.8) is 0 Å². The summed E-state index contributed by atoms with van der Waals surface area (Å²) in [6.45, 7) is 5.61. The molecule has 3 atom stereocenters. The van der Waals surface area contributed by atoms with E-state index in [9.17, 15) is 14.7 Å². The summed E-state index contributed by atoms with van der Waals surface area (Å²) in [7, 11) is 1.71. The fourth-order valence-electron chi connectivity index (χ4n) is 2.54. The highest BCUT2D eigenvalue weighted by Crippen LogP contribution is 2.23. The number of piperidine rings is 1. The molecule has 1 aliphatic rings. The molecule has 0 radical (unpaired) electrons. The number of carboxylic acid groups (broad SMARTS) is 1. The van der Waals surface area contributed by atoms with Gasteiger partial charge < -0.3 is 15.3 Å². The Labute approximate surface area is 123 Å². The van der Waals surface area contributed by atoms with Crippen LogP contribution >= 0.6 is 0 Å². The van der Waals surface area contributed by atoms with Crippen LogP contribution in [0.25, 0.3) is 0 Å². The molecule has 0 saturated carbocycles. The molecule has 2 rings (SSSR count). The van der Waals surface area contributed by atoms with Crippen molar-refractivity contribution in [2.75, 3.05) is 13.1 Å². The molecule has 7 nitrogen and oxygen atoms in total. The topological polar surface area (TPSA) is 87.5 Å². The second-order valence-electron chi connectivity index (χ2n) is 5.86. The lowest BCUT2D eigenvalue weighted by atomic mass is 9.89. The number of aromatic nitrogens is 2. The van der Waals surface area contributed by atoms with Crippen LogP contribution in [0.15, 0.2) is 12.4 Å². The first-order chi connectivity index (χ1) is 9.88. The van der Waals surface area contributed by atoms with Gasteiger partial charge in [-0.15, -0.1) is 0 Å². The van der Waals surface area contributed by atoms with Gasteiger partial charge in [-0.25, -0.2) is 9.59 Å². The van der Waals surface area contributed by atoms with Crippen LogP contribution in [-0.4, -0.2) is 44.9 Å². The van der Waals surface area contributed by atoms with Crippen molar-refractivity contribution >= 4 is 12.0 Å². The maximum atomic E-state index is 12.3. The van der Waals surface area contributed by atoms with Gasteiger partial charge in [0.2, 0.25) is 0 Å². The van der Waals surface area contributed by atoms with Gasteiger partial charge in [0.1, 0.15) is 0 Å². The molecule has 2 heterocycles. The highest BCUT2D eigenvalue weighted by atomic mass is 16.4. The zero-order valence-corrected chi connectivity index (χ0v) is 12.6. The SMILES string of the molecule is CC1CCN(C(=O)NC(C(=O)O)c2cnn(C)c2)CC1C. The number of carbonyl (C=O) groups is 2. The molecule has 1 aromatic rings. The Morgan fingerprint density at radius 3 is 2.67 bits per heavy atom. The number of hydrogen-bond donors (Lipinski definition) is 2. The summed E-state index contributed by atoms with van der Waals surface area (Å²) in [5.74, 6) is -0.0800. The van der Waals surface area contributed by atoms with Gasteiger partial charge in [0, 0.05) is 31.9 Å². The van der Waals surface area contributed by atoms with Gasteiger partial charge in [-0.1, -0.05) is 13.8 Å². The zero-order valence-electron chi connectivity index (χ0n) is 12.6. The largest absolute Gasteiger partial charge is 0.479 e. The Hall–Kier alpha value is -2.05. The van der Waals surface area contributed by atoms with Crippen molar-refractivity contribution < 1.29 is 14.7 Å². The lowest BCUT2D eigenvalue weighted by molar-refractivity contribution is -0.139. The molecule has 0 aliphatic carbocycles. The quantitative estimate of drug-likeness (QED) is 0.878. The average Bonchev–Trinajstić information content (AvgIpc) is 2.84. The number of aryl methyl sites for hydroxylation is 1. The summed E-state index contributed by atoms with van der Waals surface area (Å²) in [4.78, 5) is 25.3. The van der Waals surface area contributed by atoms with Crippen molar-refractivity contribution in [2.24, 2.45) is 18.9 Å². The van der Waals surface area contributed by atoms with E-state index in [4.69, 9.17) is 0 Å². The van der Waals surface area contributed by atoms with E-state index < -0.39 is 12.0 Å². The number of carbonyl (C=O) groups excluding carboxylic acids is 1. The molecule has 21 heavy (non-hydrogen) atoms. The highest BCUT2D eigenvalue weighted by molar-refractivity contribution is 5.83. The number of hydrogen-bond acceptors (Lipinski definition) is 3. The van der Waals surface area contributed by atoms with E-state index in [1.54, 1.807) is 18.1 Å². The number of nitrogens with zero attached hydrogens (tertiary/aromatic N) is 3. The number of rotatable bonds is 3. The molecule has 1 fully saturated rings. The Kier molecular flexibility index (Phi) is 4.50. The van der Waals surface area contributed by atoms with E-state index in [0.717, 1.165) is 6.42 Å². The molecule has 1 aromatic heterocycles. The fourth-order valence-corrected chi connectivity index (χ4v) is 2.54. The summed E-state index contributed by atoms with van der Waals surface area (Å²) >= 11 is 0. The molecule has 3 unspecified atom stereocenters. The predicted octanol–water partition coefficient (Wildman–Crippen LogP) is 1.23. The van der Waals surface area contributed by atoms with Crippen LogP contribution in [0.5, 0.6) is 0 Å². The van der Waals surface area contributed by atoms with Crippen LogP contribution in [0.2, 0.25) is 0 Å². The highest BCUT2D eigenvalue weighted by Gasteiger charge is 2.29. The normalized spacial score (nSPS) is 23.7. The second kappa shape index (κ2) is 6.15. The Bertz CT molecular complexity index is 528. The third-order valence-electron chi connectivity index (χ3n) is 4.19. The first kappa shape index (κ1) is 15.3. The van der Waals surface area contributed by atoms with Crippen molar-refractivity contribution in [1.29, 1.82) is 0 Å². The lowest BCUT2D eigenvalue weighted by Gasteiger charge is -2.35. The molecule has 1 saturated heterocycles. The van der Waals surface area contributed by atoms with Gasteiger partial charge in [-0.05, 0) is 18.3 Å². The molecule has 116 valence electrons. The number of urea groups is 1. The molecule has 7 heteroatoms. The van der Waals surface area contributed by atoms with E-state index in [0.29, 0.717) is 30.5 Å². The summed E-state index contributed by atoms with van der Waals surface area (Å²) < 4.78 is 1.52. The predicted molar refractivity (Wildman–Crippen MR) is 76.6 cm³/mol. The van der Waals surface area contributed by atoms with Crippen molar-refractivity contribution in [3.05, 3.63) is 18.0 Å². The maximum absolute atomic E-state index is 12.3. The number of carboxylic acids is 1. The maximum Gasteiger partial charge on any atom is 0.331 e. The molecule has 2 N–H and O–H groups in total. The van der Waals surface area contributed by atoms with Crippen LogP contribution in [-0.2, 0) is 11.8 Å². The van der Waals surface area contributed by atoms with Crippen LogP contribution < -0.4 is 5.32 Å². The summed E-state index contributed by atoms with van der Waals surface area (Å²) in [6.07, 6.45) is 4.00. The monoisotopic (exact) mass is 294 g/mol. The van der Waals surface area contributed by atoms with Gasteiger partial charge >= 0.3 is 12.0 Å². The average molecular weight is 294 g/mol. The van der Waals surface area contributed by atoms with Crippen molar-refractivity contribution in [2.45, 2.75) is 26.3 Å². The van der Waals surface area contributed by atoms with Crippen LogP contribution in [0.4, 0.5) is 4.79 Å². The van der Waals surface area contributed by atoms with Crippen LogP contribution in [0.1, 0.15) is 31.9 Å². The standard InChI is InChI=1S/C14H22N4O3/c1-9-4-5-18(7-10(9)2)14(21)16-12(13(19)20)11-6-15-17(3)8-11/h6,8-10,12H,4-5,7H2,1-3H3,(H,16,21)(H,19,20). The van der Waals surface area contributed by atoms with Gasteiger partial charge in [0.05, 0.1) is 6.20 Å². The minimum atomic E-state index is -1.09. The molecule has 2 amide bonds. The van der Waals surface area contributed by atoms with E-state index in [1.807, 2.05) is 0 Å².